The van der Waals surface area contributed by atoms with Crippen LogP contribution in [0.5, 0.6) is 5.75 Å². The minimum Gasteiger partial charge on any atom is -0.496 e. The van der Waals surface area contributed by atoms with E-state index in [0.29, 0.717) is 12.0 Å². The molecule has 3 nitrogen and oxygen atoms in total. The van der Waals surface area contributed by atoms with E-state index >= 15 is 0 Å². The Kier molecular flexibility index (Phi) is 5.70. The summed E-state index contributed by atoms with van der Waals surface area (Å²) in [5.74, 6) is 1.58. The van der Waals surface area contributed by atoms with Crippen LogP contribution in [0.3, 0.4) is 0 Å². The van der Waals surface area contributed by atoms with Gasteiger partial charge in [-0.25, -0.2) is 0 Å². The quantitative estimate of drug-likeness (QED) is 0.799. The molecule has 1 aliphatic rings. The second kappa shape index (κ2) is 7.30. The van der Waals surface area contributed by atoms with Crippen molar-refractivity contribution in [1.29, 1.82) is 0 Å². The third-order valence-corrected chi connectivity index (χ3v) is 4.14. The maximum absolute atomic E-state index is 6.12. The first-order valence-corrected chi connectivity index (χ1v) is 7.66. The van der Waals surface area contributed by atoms with Crippen LogP contribution in [0, 0.1) is 5.92 Å². The van der Waals surface area contributed by atoms with E-state index in [1.165, 1.54) is 12.8 Å². The molecule has 0 spiro atoms. The summed E-state index contributed by atoms with van der Waals surface area (Å²) in [6.45, 7) is 3.06. The van der Waals surface area contributed by atoms with Crippen LogP contribution in [-0.2, 0) is 11.2 Å². The summed E-state index contributed by atoms with van der Waals surface area (Å²) in [6, 6.07) is 6.08. The molecule has 2 unspecified atom stereocenters. The van der Waals surface area contributed by atoms with Gasteiger partial charge in [-0.3, -0.25) is 0 Å². The number of methoxy groups -OCH3 is 2. The van der Waals surface area contributed by atoms with E-state index in [9.17, 15) is 0 Å². The summed E-state index contributed by atoms with van der Waals surface area (Å²) >= 11 is 6.12. The zero-order valence-corrected chi connectivity index (χ0v) is 13.2. The SMILES string of the molecule is CCNC(Cc1cc(Cl)ccc1OC)C(OC)C1CC1. The Bertz CT molecular complexity index is 434. The normalized spacial score (nSPS) is 17.8. The van der Waals surface area contributed by atoms with Gasteiger partial charge < -0.3 is 14.8 Å². The van der Waals surface area contributed by atoms with Crippen LogP contribution < -0.4 is 10.1 Å². The standard InChI is InChI=1S/C16H24ClNO2/c1-4-18-14(16(20-3)11-5-6-11)10-12-9-13(17)7-8-15(12)19-2/h7-9,11,14,16,18H,4-6,10H2,1-3H3. The first-order valence-electron chi connectivity index (χ1n) is 7.28. The maximum atomic E-state index is 6.12. The van der Waals surface area contributed by atoms with Crippen LogP contribution in [0.4, 0.5) is 0 Å². The van der Waals surface area contributed by atoms with Crippen LogP contribution in [0.25, 0.3) is 0 Å². The Morgan fingerprint density at radius 3 is 2.65 bits per heavy atom. The molecule has 2 atom stereocenters. The molecule has 0 bridgehead atoms. The molecule has 1 aliphatic carbocycles. The predicted molar refractivity (Wildman–Crippen MR) is 82.7 cm³/mol. The molecule has 1 N–H and O–H groups in total. The molecule has 1 aromatic carbocycles. The molecule has 4 heteroatoms. The average Bonchev–Trinajstić information content (AvgIpc) is 3.25. The summed E-state index contributed by atoms with van der Waals surface area (Å²) in [4.78, 5) is 0. The molecule has 0 radical (unpaired) electrons. The van der Waals surface area contributed by atoms with Crippen molar-refractivity contribution in [1.82, 2.24) is 5.32 Å². The minimum absolute atomic E-state index is 0.263. The zero-order valence-electron chi connectivity index (χ0n) is 12.5. The lowest BCUT2D eigenvalue weighted by atomic mass is 9.97. The van der Waals surface area contributed by atoms with E-state index in [1.54, 1.807) is 7.11 Å². The summed E-state index contributed by atoms with van der Waals surface area (Å²) in [5.41, 5.74) is 1.13. The highest BCUT2D eigenvalue weighted by Crippen LogP contribution is 2.37. The summed E-state index contributed by atoms with van der Waals surface area (Å²) < 4.78 is 11.2. The molecule has 1 fully saturated rings. The number of halogens is 1. The lowest BCUT2D eigenvalue weighted by molar-refractivity contribution is 0.0514. The second-order valence-corrected chi connectivity index (χ2v) is 5.80. The number of rotatable bonds is 8. The zero-order chi connectivity index (χ0) is 14.5. The van der Waals surface area contributed by atoms with Gasteiger partial charge in [0.2, 0.25) is 0 Å². The van der Waals surface area contributed by atoms with Gasteiger partial charge in [0.05, 0.1) is 13.2 Å². The van der Waals surface area contributed by atoms with Crippen molar-refractivity contribution in [2.75, 3.05) is 20.8 Å². The summed E-state index contributed by atoms with van der Waals surface area (Å²) in [6.07, 6.45) is 3.67. The molecular weight excluding hydrogens is 274 g/mol. The first-order chi connectivity index (χ1) is 9.69. The maximum Gasteiger partial charge on any atom is 0.122 e. The highest BCUT2D eigenvalue weighted by molar-refractivity contribution is 6.30. The number of hydrogen-bond donors (Lipinski definition) is 1. The van der Waals surface area contributed by atoms with E-state index in [-0.39, 0.29) is 6.10 Å². The molecule has 20 heavy (non-hydrogen) atoms. The van der Waals surface area contributed by atoms with Crippen molar-refractivity contribution < 1.29 is 9.47 Å². The fourth-order valence-corrected chi connectivity index (χ4v) is 3.01. The number of ether oxygens (including phenoxy) is 2. The highest BCUT2D eigenvalue weighted by atomic mass is 35.5. The Balaban J connectivity index is 2.16. The van der Waals surface area contributed by atoms with Gasteiger partial charge in [0.1, 0.15) is 5.75 Å². The Labute approximate surface area is 126 Å². The van der Waals surface area contributed by atoms with Gasteiger partial charge in [-0.15, -0.1) is 0 Å². The van der Waals surface area contributed by atoms with Crippen LogP contribution >= 0.6 is 11.6 Å². The molecule has 1 saturated carbocycles. The molecule has 0 amide bonds. The number of likely N-dealkylation sites (N-methyl/N-ethyl adjacent to an activating group) is 1. The van der Waals surface area contributed by atoms with Crippen LogP contribution in [0.1, 0.15) is 25.3 Å². The summed E-state index contributed by atoms with van der Waals surface area (Å²) in [7, 11) is 3.51. The van der Waals surface area contributed by atoms with Gasteiger partial charge in [-0.2, -0.15) is 0 Å². The van der Waals surface area contributed by atoms with Crippen molar-refractivity contribution in [2.24, 2.45) is 5.92 Å². The van der Waals surface area contributed by atoms with Crippen LogP contribution in [0.15, 0.2) is 18.2 Å². The molecule has 2 rings (SSSR count). The Morgan fingerprint density at radius 1 is 1.35 bits per heavy atom. The fourth-order valence-electron chi connectivity index (χ4n) is 2.82. The smallest absolute Gasteiger partial charge is 0.122 e. The van der Waals surface area contributed by atoms with E-state index in [4.69, 9.17) is 21.1 Å². The average molecular weight is 298 g/mol. The van der Waals surface area contributed by atoms with Crippen LogP contribution in [0.2, 0.25) is 5.02 Å². The number of hydrogen-bond acceptors (Lipinski definition) is 3. The molecule has 1 aromatic rings. The van der Waals surface area contributed by atoms with Gasteiger partial charge in [-0.1, -0.05) is 18.5 Å². The summed E-state index contributed by atoms with van der Waals surface area (Å²) in [5, 5.41) is 4.30. The van der Waals surface area contributed by atoms with Crippen molar-refractivity contribution in [3.8, 4) is 5.75 Å². The topological polar surface area (TPSA) is 30.5 Å². The second-order valence-electron chi connectivity index (χ2n) is 5.36. The number of benzene rings is 1. The predicted octanol–water partition coefficient (Wildman–Crippen LogP) is 3.29. The monoisotopic (exact) mass is 297 g/mol. The molecule has 0 aromatic heterocycles. The first kappa shape index (κ1) is 15.6. The van der Waals surface area contributed by atoms with Crippen molar-refractivity contribution in [3.05, 3.63) is 28.8 Å². The molecule has 112 valence electrons. The van der Waals surface area contributed by atoms with E-state index in [2.05, 4.69) is 12.2 Å². The van der Waals surface area contributed by atoms with Gasteiger partial charge in [-0.05, 0) is 55.5 Å². The minimum atomic E-state index is 0.263. The lowest BCUT2D eigenvalue weighted by Crippen LogP contribution is -2.43. The fraction of sp³-hybridized carbons (Fsp3) is 0.625. The van der Waals surface area contributed by atoms with Gasteiger partial charge in [0.25, 0.3) is 0 Å². The number of nitrogens with one attached hydrogen (secondary N) is 1. The largest absolute Gasteiger partial charge is 0.496 e. The van der Waals surface area contributed by atoms with Gasteiger partial charge in [0, 0.05) is 18.2 Å². The third-order valence-electron chi connectivity index (χ3n) is 3.90. The lowest BCUT2D eigenvalue weighted by Gasteiger charge is -2.27. The Morgan fingerprint density at radius 2 is 2.10 bits per heavy atom. The molecular formula is C16H24ClNO2. The third kappa shape index (κ3) is 3.87. The van der Waals surface area contributed by atoms with Crippen molar-refractivity contribution in [2.45, 2.75) is 38.3 Å². The highest BCUT2D eigenvalue weighted by Gasteiger charge is 2.36. The van der Waals surface area contributed by atoms with Gasteiger partial charge >= 0.3 is 0 Å². The van der Waals surface area contributed by atoms with Crippen molar-refractivity contribution >= 4 is 11.6 Å². The van der Waals surface area contributed by atoms with E-state index < -0.39 is 0 Å². The molecule has 0 aliphatic heterocycles. The van der Waals surface area contributed by atoms with E-state index in [0.717, 1.165) is 29.3 Å². The molecule has 0 heterocycles. The van der Waals surface area contributed by atoms with Crippen molar-refractivity contribution in [3.63, 3.8) is 0 Å². The van der Waals surface area contributed by atoms with Gasteiger partial charge in [0.15, 0.2) is 0 Å². The molecule has 0 saturated heterocycles. The van der Waals surface area contributed by atoms with E-state index in [1.807, 2.05) is 25.3 Å². The van der Waals surface area contributed by atoms with Crippen LogP contribution in [-0.4, -0.2) is 32.9 Å². The Hall–Kier alpha value is -0.770.